The molecule has 0 aliphatic carbocycles. The van der Waals surface area contributed by atoms with Crippen LogP contribution in [0, 0.1) is 11.6 Å². The van der Waals surface area contributed by atoms with E-state index in [1.165, 1.54) is 6.07 Å². The van der Waals surface area contributed by atoms with Crippen molar-refractivity contribution in [1.29, 1.82) is 0 Å². The maximum absolute atomic E-state index is 13.2. The van der Waals surface area contributed by atoms with Crippen molar-refractivity contribution in [3.8, 4) is 0 Å². The molecular formula is C19H22F2N2O. The second-order valence-corrected chi connectivity index (χ2v) is 6.10. The summed E-state index contributed by atoms with van der Waals surface area (Å²) in [5.41, 5.74) is 2.34. The Balaban J connectivity index is 1.87. The first-order valence-electron chi connectivity index (χ1n) is 7.89. The van der Waals surface area contributed by atoms with Crippen LogP contribution in [-0.2, 0) is 6.42 Å². The van der Waals surface area contributed by atoms with Crippen molar-refractivity contribution < 1.29 is 13.6 Å². The van der Waals surface area contributed by atoms with E-state index in [1.807, 2.05) is 38.1 Å². The molecule has 0 saturated heterocycles. The van der Waals surface area contributed by atoms with Gasteiger partial charge in [-0.05, 0) is 61.7 Å². The van der Waals surface area contributed by atoms with E-state index >= 15 is 0 Å². The number of amides is 1. The fourth-order valence-electron chi connectivity index (χ4n) is 2.37. The van der Waals surface area contributed by atoms with Crippen LogP contribution in [0.1, 0.15) is 29.3 Å². The Morgan fingerprint density at radius 2 is 1.75 bits per heavy atom. The molecular weight excluding hydrogens is 310 g/mol. The Morgan fingerprint density at radius 3 is 2.33 bits per heavy atom. The highest BCUT2D eigenvalue weighted by Gasteiger charge is 2.11. The second kappa shape index (κ2) is 7.90. The Morgan fingerprint density at radius 1 is 1.08 bits per heavy atom. The highest BCUT2D eigenvalue weighted by molar-refractivity contribution is 5.94. The van der Waals surface area contributed by atoms with Crippen molar-refractivity contribution in [3.63, 3.8) is 0 Å². The highest BCUT2D eigenvalue weighted by atomic mass is 19.2. The van der Waals surface area contributed by atoms with Gasteiger partial charge in [0.05, 0.1) is 0 Å². The van der Waals surface area contributed by atoms with Crippen LogP contribution in [0.2, 0.25) is 0 Å². The lowest BCUT2D eigenvalue weighted by atomic mass is 10.1. The molecule has 0 heterocycles. The minimum atomic E-state index is -0.846. The lowest BCUT2D eigenvalue weighted by molar-refractivity contribution is 0.0938. The molecule has 24 heavy (non-hydrogen) atoms. The maximum Gasteiger partial charge on any atom is 0.251 e. The molecule has 1 atom stereocenters. The maximum atomic E-state index is 13.2. The van der Waals surface area contributed by atoms with Crippen LogP contribution < -0.4 is 10.2 Å². The topological polar surface area (TPSA) is 32.3 Å². The average molecular weight is 332 g/mol. The van der Waals surface area contributed by atoms with E-state index in [9.17, 15) is 13.6 Å². The van der Waals surface area contributed by atoms with E-state index in [0.717, 1.165) is 11.8 Å². The number of halogens is 2. The van der Waals surface area contributed by atoms with Gasteiger partial charge in [-0.2, -0.15) is 0 Å². The first-order chi connectivity index (χ1) is 11.4. The Kier molecular flexibility index (Phi) is 5.90. The third-order valence-corrected chi connectivity index (χ3v) is 3.87. The summed E-state index contributed by atoms with van der Waals surface area (Å²) in [5.74, 6) is -1.83. The number of aryl methyl sites for hydroxylation is 1. The van der Waals surface area contributed by atoms with E-state index in [4.69, 9.17) is 0 Å². The second-order valence-electron chi connectivity index (χ2n) is 6.10. The van der Waals surface area contributed by atoms with Gasteiger partial charge in [-0.3, -0.25) is 4.79 Å². The van der Waals surface area contributed by atoms with Gasteiger partial charge in [0.15, 0.2) is 11.6 Å². The molecule has 5 heteroatoms. The average Bonchev–Trinajstić information content (AvgIpc) is 2.56. The molecule has 1 amide bonds. The lowest BCUT2D eigenvalue weighted by Crippen LogP contribution is -2.32. The molecule has 0 radical (unpaired) electrons. The van der Waals surface area contributed by atoms with Crippen molar-refractivity contribution in [2.75, 3.05) is 19.0 Å². The fourth-order valence-corrected chi connectivity index (χ4v) is 2.37. The number of hydrogen-bond acceptors (Lipinski definition) is 2. The fraction of sp³-hybridized carbons (Fsp3) is 0.316. The minimum Gasteiger partial charge on any atom is -0.378 e. The molecule has 0 aromatic heterocycles. The number of nitrogens with zero attached hydrogens (tertiary/aromatic N) is 1. The Hall–Kier alpha value is -2.43. The molecule has 3 nitrogen and oxygen atoms in total. The van der Waals surface area contributed by atoms with E-state index in [-0.39, 0.29) is 11.9 Å². The van der Waals surface area contributed by atoms with Crippen molar-refractivity contribution in [2.24, 2.45) is 0 Å². The van der Waals surface area contributed by atoms with Gasteiger partial charge in [-0.1, -0.05) is 6.07 Å². The summed E-state index contributed by atoms with van der Waals surface area (Å²) in [5, 5.41) is 2.92. The molecule has 0 aliphatic heterocycles. The highest BCUT2D eigenvalue weighted by Crippen LogP contribution is 2.13. The Bertz CT molecular complexity index is 699. The normalized spacial score (nSPS) is 11.9. The molecule has 0 fully saturated rings. The first-order valence-corrected chi connectivity index (χ1v) is 7.89. The largest absolute Gasteiger partial charge is 0.378 e. The molecule has 1 unspecified atom stereocenters. The first kappa shape index (κ1) is 17.9. The van der Waals surface area contributed by atoms with Gasteiger partial charge in [0.1, 0.15) is 0 Å². The van der Waals surface area contributed by atoms with Crippen molar-refractivity contribution >= 4 is 11.6 Å². The number of anilines is 1. The van der Waals surface area contributed by atoms with Gasteiger partial charge >= 0.3 is 0 Å². The molecule has 128 valence electrons. The summed E-state index contributed by atoms with van der Waals surface area (Å²) in [6.07, 6.45) is 1.21. The summed E-state index contributed by atoms with van der Waals surface area (Å²) < 4.78 is 26.1. The minimum absolute atomic E-state index is 0.0702. The zero-order chi connectivity index (χ0) is 17.7. The molecule has 2 aromatic rings. The Labute approximate surface area is 141 Å². The summed E-state index contributed by atoms with van der Waals surface area (Å²) in [4.78, 5) is 14.2. The summed E-state index contributed by atoms with van der Waals surface area (Å²) in [6, 6.07) is 11.2. The van der Waals surface area contributed by atoms with Gasteiger partial charge in [-0.15, -0.1) is 0 Å². The van der Waals surface area contributed by atoms with Gasteiger partial charge in [-0.25, -0.2) is 8.78 Å². The summed E-state index contributed by atoms with van der Waals surface area (Å²) in [7, 11) is 3.88. The molecule has 2 aromatic carbocycles. The van der Waals surface area contributed by atoms with Gasteiger partial charge in [0, 0.05) is 31.4 Å². The molecule has 0 bridgehead atoms. The van der Waals surface area contributed by atoms with Crippen LogP contribution in [0.15, 0.2) is 42.5 Å². The zero-order valence-electron chi connectivity index (χ0n) is 14.1. The van der Waals surface area contributed by atoms with Crippen LogP contribution in [0.25, 0.3) is 0 Å². The van der Waals surface area contributed by atoms with Crippen LogP contribution in [0.3, 0.4) is 0 Å². The van der Waals surface area contributed by atoms with Gasteiger partial charge in [0.2, 0.25) is 0 Å². The van der Waals surface area contributed by atoms with Crippen molar-refractivity contribution in [3.05, 3.63) is 65.2 Å². The third-order valence-electron chi connectivity index (χ3n) is 3.87. The molecule has 2 rings (SSSR count). The standard InChI is InChI=1S/C19H22F2N2O/c1-13(4-5-14-6-11-17(20)18(21)12-14)22-19(24)15-7-9-16(10-8-15)23(2)3/h6-13H,4-5H2,1-3H3,(H,22,24). The van der Waals surface area contributed by atoms with Gasteiger partial charge in [0.25, 0.3) is 5.91 Å². The number of benzene rings is 2. The molecule has 0 spiro atoms. The molecule has 1 N–H and O–H groups in total. The number of hydrogen-bond donors (Lipinski definition) is 1. The van der Waals surface area contributed by atoms with Crippen LogP contribution in [0.4, 0.5) is 14.5 Å². The van der Waals surface area contributed by atoms with Crippen LogP contribution >= 0.6 is 0 Å². The van der Waals surface area contributed by atoms with Crippen molar-refractivity contribution in [1.82, 2.24) is 5.32 Å². The van der Waals surface area contributed by atoms with Crippen LogP contribution in [-0.4, -0.2) is 26.0 Å². The predicted molar refractivity (Wildman–Crippen MR) is 92.4 cm³/mol. The summed E-state index contributed by atoms with van der Waals surface area (Å²) in [6.45, 7) is 1.89. The van der Waals surface area contributed by atoms with E-state index in [1.54, 1.807) is 18.2 Å². The number of carbonyl (C=O) groups excluding carboxylic acids is 1. The van der Waals surface area contributed by atoms with E-state index in [0.29, 0.717) is 24.0 Å². The number of nitrogens with one attached hydrogen (secondary N) is 1. The van der Waals surface area contributed by atoms with Gasteiger partial charge < -0.3 is 10.2 Å². The number of carbonyl (C=O) groups is 1. The van der Waals surface area contributed by atoms with Crippen LogP contribution in [0.5, 0.6) is 0 Å². The quantitative estimate of drug-likeness (QED) is 0.873. The monoisotopic (exact) mass is 332 g/mol. The van der Waals surface area contributed by atoms with E-state index < -0.39 is 11.6 Å². The predicted octanol–water partition coefficient (Wildman–Crippen LogP) is 3.78. The molecule has 0 aliphatic rings. The number of rotatable bonds is 6. The zero-order valence-corrected chi connectivity index (χ0v) is 14.1. The summed E-state index contributed by atoms with van der Waals surface area (Å²) >= 11 is 0. The SMILES string of the molecule is CC(CCc1ccc(F)c(F)c1)NC(=O)c1ccc(N(C)C)cc1. The smallest absolute Gasteiger partial charge is 0.251 e. The van der Waals surface area contributed by atoms with E-state index in [2.05, 4.69) is 5.32 Å². The van der Waals surface area contributed by atoms with Crippen molar-refractivity contribution in [2.45, 2.75) is 25.8 Å². The molecule has 0 saturated carbocycles. The third kappa shape index (κ3) is 4.78. The lowest BCUT2D eigenvalue weighted by Gasteiger charge is -2.15.